The Morgan fingerprint density at radius 1 is 0.821 bits per heavy atom. The van der Waals surface area contributed by atoms with Gasteiger partial charge in [0.15, 0.2) is 0 Å². The molecule has 1 nitrogen and oxygen atoms in total. The molecule has 0 radical (unpaired) electrons. The average molecular weight is 416 g/mol. The molecule has 0 aliphatic heterocycles. The molecule has 4 heteroatoms. The fourth-order valence-corrected chi connectivity index (χ4v) is 3.56. The Kier molecular flexibility index (Phi) is 7.47. The number of hydrogen-bond acceptors (Lipinski definition) is 1. The van der Waals surface area contributed by atoms with Crippen LogP contribution >= 0.6 is 23.2 Å². The second-order valence-electron chi connectivity index (χ2n) is 7.05. The Morgan fingerprint density at radius 2 is 1.54 bits per heavy atom. The van der Waals surface area contributed by atoms with Gasteiger partial charge in [0, 0.05) is 17.3 Å². The molecular weight excluding hydrogens is 392 g/mol. The highest BCUT2D eigenvalue weighted by Crippen LogP contribution is 2.30. The maximum atomic E-state index is 14.7. The van der Waals surface area contributed by atoms with Crippen molar-refractivity contribution in [1.82, 2.24) is 4.98 Å². The highest BCUT2D eigenvalue weighted by atomic mass is 35.5. The van der Waals surface area contributed by atoms with Crippen molar-refractivity contribution in [2.45, 2.75) is 45.4 Å². The smallest absolute Gasteiger partial charge is 0.147 e. The van der Waals surface area contributed by atoms with Gasteiger partial charge >= 0.3 is 0 Å². The first-order valence-corrected chi connectivity index (χ1v) is 10.5. The van der Waals surface area contributed by atoms with Gasteiger partial charge in [-0.2, -0.15) is 0 Å². The predicted molar refractivity (Wildman–Crippen MR) is 118 cm³/mol. The van der Waals surface area contributed by atoms with Crippen LogP contribution in [0.4, 0.5) is 4.39 Å². The predicted octanol–water partition coefficient (Wildman–Crippen LogP) is 8.37. The molecule has 1 heterocycles. The van der Waals surface area contributed by atoms with Crippen molar-refractivity contribution in [2.75, 3.05) is 0 Å². The quantitative estimate of drug-likeness (QED) is 0.265. The molecule has 0 saturated heterocycles. The number of aromatic nitrogens is 1. The van der Waals surface area contributed by atoms with Gasteiger partial charge in [0.1, 0.15) is 11.0 Å². The van der Waals surface area contributed by atoms with Gasteiger partial charge in [-0.15, -0.1) is 0 Å². The van der Waals surface area contributed by atoms with Gasteiger partial charge in [0.25, 0.3) is 0 Å². The lowest BCUT2D eigenvalue weighted by atomic mass is 9.98. The number of rotatable bonds is 8. The minimum Gasteiger partial charge on any atom is -0.242 e. The van der Waals surface area contributed by atoms with Gasteiger partial charge in [-0.3, -0.25) is 0 Å². The van der Waals surface area contributed by atoms with Crippen LogP contribution in [0.15, 0.2) is 54.7 Å². The van der Waals surface area contributed by atoms with E-state index in [1.54, 1.807) is 18.3 Å². The first kappa shape index (κ1) is 20.8. The molecule has 0 spiro atoms. The highest BCUT2D eigenvalue weighted by Gasteiger charge is 2.09. The summed E-state index contributed by atoms with van der Waals surface area (Å²) in [7, 11) is 0. The van der Waals surface area contributed by atoms with E-state index in [2.05, 4.69) is 24.0 Å². The monoisotopic (exact) mass is 415 g/mol. The summed E-state index contributed by atoms with van der Waals surface area (Å²) in [5, 5.41) is 0.599. The molecule has 146 valence electrons. The largest absolute Gasteiger partial charge is 0.242 e. The molecule has 28 heavy (non-hydrogen) atoms. The summed E-state index contributed by atoms with van der Waals surface area (Å²) in [5.74, 6) is -0.268. The summed E-state index contributed by atoms with van der Waals surface area (Å²) in [4.78, 5) is 4.03. The fraction of sp³-hybridized carbons (Fsp3) is 0.292. The number of nitrogens with zero attached hydrogens (tertiary/aromatic N) is 1. The molecule has 0 saturated carbocycles. The zero-order valence-electron chi connectivity index (χ0n) is 16.0. The third-order valence-electron chi connectivity index (χ3n) is 4.93. The van der Waals surface area contributed by atoms with Crippen LogP contribution < -0.4 is 0 Å². The zero-order chi connectivity index (χ0) is 19.9. The van der Waals surface area contributed by atoms with Gasteiger partial charge in [0.05, 0.1) is 5.02 Å². The molecule has 0 aliphatic carbocycles. The molecule has 0 unspecified atom stereocenters. The van der Waals surface area contributed by atoms with Crippen LogP contribution in [0, 0.1) is 5.82 Å². The number of unbranched alkanes of at least 4 members (excludes halogenated alkanes) is 4. The van der Waals surface area contributed by atoms with E-state index in [0.29, 0.717) is 10.6 Å². The molecule has 0 fully saturated rings. The van der Waals surface area contributed by atoms with E-state index in [4.69, 9.17) is 23.2 Å². The molecule has 3 rings (SSSR count). The summed E-state index contributed by atoms with van der Waals surface area (Å²) in [6.07, 6.45) is 9.04. The van der Waals surface area contributed by atoms with Gasteiger partial charge in [0.2, 0.25) is 0 Å². The van der Waals surface area contributed by atoms with E-state index in [1.807, 2.05) is 18.2 Å². The summed E-state index contributed by atoms with van der Waals surface area (Å²) >= 11 is 11.9. The van der Waals surface area contributed by atoms with Crippen LogP contribution in [0.2, 0.25) is 10.2 Å². The fourth-order valence-electron chi connectivity index (χ4n) is 3.29. The van der Waals surface area contributed by atoms with Gasteiger partial charge in [-0.1, -0.05) is 92.2 Å². The number of aryl methyl sites for hydroxylation is 1. The number of pyridine rings is 1. The molecule has 0 amide bonds. The third-order valence-corrected chi connectivity index (χ3v) is 5.62. The van der Waals surface area contributed by atoms with E-state index < -0.39 is 0 Å². The first-order valence-electron chi connectivity index (χ1n) is 9.78. The lowest BCUT2D eigenvalue weighted by Crippen LogP contribution is -1.90. The molecule has 0 aliphatic rings. The lowest BCUT2D eigenvalue weighted by Gasteiger charge is -2.09. The van der Waals surface area contributed by atoms with Crippen molar-refractivity contribution in [3.63, 3.8) is 0 Å². The molecule has 2 aromatic carbocycles. The normalized spacial score (nSPS) is 11.0. The lowest BCUT2D eigenvalue weighted by molar-refractivity contribution is 0.631. The van der Waals surface area contributed by atoms with E-state index in [1.165, 1.54) is 43.7 Å². The van der Waals surface area contributed by atoms with E-state index in [9.17, 15) is 4.39 Å². The summed E-state index contributed by atoms with van der Waals surface area (Å²) in [5.41, 5.74) is 4.23. The number of halogens is 3. The van der Waals surface area contributed by atoms with Crippen LogP contribution in [0.5, 0.6) is 0 Å². The number of benzene rings is 2. The topological polar surface area (TPSA) is 12.9 Å². The molecule has 0 bridgehead atoms. The van der Waals surface area contributed by atoms with E-state index in [-0.39, 0.29) is 11.0 Å². The summed E-state index contributed by atoms with van der Waals surface area (Å²) in [6, 6.07) is 15.1. The third kappa shape index (κ3) is 5.33. The maximum Gasteiger partial charge on any atom is 0.147 e. The standard InChI is InChI=1S/C24H24Cl2FN/c1-2-3-4-5-6-7-17-8-10-18(11-9-17)21-13-12-19(15-23(21)27)20-14-22(25)24(26)28-16-20/h8-16H,2-7H2,1H3. The van der Waals surface area contributed by atoms with Crippen LogP contribution in [-0.2, 0) is 6.42 Å². The Balaban J connectivity index is 1.70. The van der Waals surface area contributed by atoms with Crippen LogP contribution in [0.3, 0.4) is 0 Å². The maximum absolute atomic E-state index is 14.7. The second kappa shape index (κ2) is 10.0. The SMILES string of the molecule is CCCCCCCc1ccc(-c2ccc(-c3cnc(Cl)c(Cl)c3)cc2F)cc1. The van der Waals surface area contributed by atoms with Crippen LogP contribution in [0.1, 0.15) is 44.6 Å². The molecule has 0 N–H and O–H groups in total. The minimum absolute atomic E-state index is 0.243. The van der Waals surface area contributed by atoms with Crippen molar-refractivity contribution in [1.29, 1.82) is 0 Å². The highest BCUT2D eigenvalue weighted by molar-refractivity contribution is 6.41. The average Bonchev–Trinajstić information content (AvgIpc) is 2.70. The Hall–Kier alpha value is -1.90. The van der Waals surface area contributed by atoms with Crippen molar-refractivity contribution in [3.8, 4) is 22.3 Å². The van der Waals surface area contributed by atoms with Gasteiger partial charge in [-0.25, -0.2) is 9.37 Å². The van der Waals surface area contributed by atoms with Gasteiger partial charge < -0.3 is 0 Å². The van der Waals surface area contributed by atoms with Crippen molar-refractivity contribution in [2.24, 2.45) is 0 Å². The van der Waals surface area contributed by atoms with E-state index >= 15 is 0 Å². The second-order valence-corrected chi connectivity index (χ2v) is 7.82. The Labute approximate surface area is 176 Å². The van der Waals surface area contributed by atoms with Crippen molar-refractivity contribution in [3.05, 3.63) is 76.3 Å². The first-order chi connectivity index (χ1) is 13.6. The Bertz CT molecular complexity index is 922. The van der Waals surface area contributed by atoms with E-state index in [0.717, 1.165) is 23.1 Å². The molecule has 3 aromatic rings. The molecule has 0 atom stereocenters. The Morgan fingerprint density at radius 3 is 2.21 bits per heavy atom. The van der Waals surface area contributed by atoms with Crippen molar-refractivity contribution >= 4 is 23.2 Å². The van der Waals surface area contributed by atoms with Crippen molar-refractivity contribution < 1.29 is 4.39 Å². The molecule has 1 aromatic heterocycles. The number of hydrogen-bond donors (Lipinski definition) is 0. The van der Waals surface area contributed by atoms with Gasteiger partial charge in [-0.05, 0) is 41.7 Å². The van der Waals surface area contributed by atoms with Crippen LogP contribution in [0.25, 0.3) is 22.3 Å². The van der Waals surface area contributed by atoms with Crippen LogP contribution in [-0.4, -0.2) is 4.98 Å². The summed E-state index contributed by atoms with van der Waals surface area (Å²) in [6.45, 7) is 2.23. The molecular formula is C24H24Cl2FN. The minimum atomic E-state index is -0.268. The summed E-state index contributed by atoms with van der Waals surface area (Å²) < 4.78 is 14.7. The zero-order valence-corrected chi connectivity index (χ0v) is 17.5.